The van der Waals surface area contributed by atoms with Gasteiger partial charge in [-0.3, -0.25) is 9.59 Å². The van der Waals surface area contributed by atoms with E-state index in [0.717, 1.165) is 57.8 Å². The van der Waals surface area contributed by atoms with Gasteiger partial charge in [0.2, 0.25) is 11.8 Å². The van der Waals surface area contributed by atoms with Crippen molar-refractivity contribution in [1.29, 1.82) is 0 Å². The zero-order chi connectivity index (χ0) is 28.4. The largest absolute Gasteiger partial charge is 0.480 e. The van der Waals surface area contributed by atoms with Crippen LogP contribution in [0.1, 0.15) is 135 Å². The lowest BCUT2D eigenvalue weighted by Gasteiger charge is -2.14. The molecular weight excluding hydrogens is 488 g/mol. The molecule has 0 bridgehead atoms. The van der Waals surface area contributed by atoms with Crippen molar-refractivity contribution in [3.05, 3.63) is 0 Å². The highest BCUT2D eigenvalue weighted by Gasteiger charge is 2.20. The number of carbonyl (C=O) groups excluding carboxylic acids is 3. The number of carbonyl (C=O) groups is 4. The Balaban J connectivity index is 3.69. The van der Waals surface area contributed by atoms with Crippen LogP contribution >= 0.6 is 0 Å². The first-order valence-corrected chi connectivity index (χ1v) is 14.8. The number of Topliss-reactive ketones (excluding diaryl/α,β-unsaturated/α-hetero) is 1. The molecule has 0 heterocycles. The van der Waals surface area contributed by atoms with Gasteiger partial charge >= 0.3 is 5.97 Å². The normalized spacial score (nSPS) is 12.6. The number of carboxylic acids is 1. The highest BCUT2D eigenvalue weighted by molar-refractivity contribution is 5.84. The summed E-state index contributed by atoms with van der Waals surface area (Å²) in [7, 11) is 1.52. The SMILES string of the molecule is COC(O)CCCCCCCCCCCCCCC(=O)NC(CCC(=O)NCCCCCC(C)=O)C(=O)O. The summed E-state index contributed by atoms with van der Waals surface area (Å²) in [6, 6.07) is -1.05. The molecule has 2 amide bonds. The molecule has 0 aliphatic rings. The Morgan fingerprint density at radius 2 is 1.16 bits per heavy atom. The fourth-order valence-corrected chi connectivity index (χ4v) is 4.28. The van der Waals surface area contributed by atoms with Crippen LogP contribution in [0.25, 0.3) is 0 Å². The average molecular weight is 543 g/mol. The van der Waals surface area contributed by atoms with Crippen LogP contribution < -0.4 is 10.6 Å². The summed E-state index contributed by atoms with van der Waals surface area (Å²) in [5.41, 5.74) is 0. The lowest BCUT2D eigenvalue weighted by molar-refractivity contribution is -0.142. The molecule has 0 rings (SSSR count). The lowest BCUT2D eigenvalue weighted by atomic mass is 10.0. The summed E-state index contributed by atoms with van der Waals surface area (Å²) in [6.07, 6.45) is 16.9. The molecule has 0 spiro atoms. The highest BCUT2D eigenvalue weighted by atomic mass is 16.6. The van der Waals surface area contributed by atoms with Gasteiger partial charge < -0.3 is 30.4 Å². The molecule has 0 saturated carbocycles. The third kappa shape index (κ3) is 24.3. The second kappa shape index (κ2) is 25.3. The minimum atomic E-state index is -1.12. The van der Waals surface area contributed by atoms with Gasteiger partial charge in [-0.25, -0.2) is 4.79 Å². The molecule has 0 aliphatic carbocycles. The Kier molecular flexibility index (Phi) is 24.0. The minimum absolute atomic E-state index is 0.0449. The maximum Gasteiger partial charge on any atom is 0.326 e. The van der Waals surface area contributed by atoms with Crippen LogP contribution in [-0.4, -0.2) is 59.8 Å². The molecule has 0 aromatic carbocycles. The molecule has 9 nitrogen and oxygen atoms in total. The van der Waals surface area contributed by atoms with Crippen LogP contribution in [0.2, 0.25) is 0 Å². The predicted molar refractivity (Wildman–Crippen MR) is 149 cm³/mol. The van der Waals surface area contributed by atoms with Crippen molar-refractivity contribution in [2.75, 3.05) is 13.7 Å². The van der Waals surface area contributed by atoms with Gasteiger partial charge in [0.1, 0.15) is 11.8 Å². The summed E-state index contributed by atoms with van der Waals surface area (Å²) in [5.74, 6) is -1.46. The third-order valence-electron chi connectivity index (χ3n) is 6.70. The van der Waals surface area contributed by atoms with Crippen LogP contribution in [-0.2, 0) is 23.9 Å². The van der Waals surface area contributed by atoms with Crippen molar-refractivity contribution in [3.8, 4) is 0 Å². The number of ketones is 1. The second-order valence-corrected chi connectivity index (χ2v) is 10.3. The molecule has 0 aromatic rings. The van der Waals surface area contributed by atoms with Crippen molar-refractivity contribution in [1.82, 2.24) is 10.6 Å². The number of methoxy groups -OCH3 is 1. The number of aliphatic carboxylic acids is 1. The molecule has 0 aliphatic heterocycles. The van der Waals surface area contributed by atoms with Gasteiger partial charge in [-0.15, -0.1) is 0 Å². The summed E-state index contributed by atoms with van der Waals surface area (Å²) in [6.45, 7) is 2.07. The standard InChI is InChI=1S/C29H54N2O7/c1-24(32)18-14-13-17-23-30-26(33)22-21-25(29(36)37)31-27(34)19-15-11-9-7-5-3-4-6-8-10-12-16-20-28(35)38-2/h25,28,35H,3-23H2,1-2H3,(H,30,33)(H,31,34)(H,36,37). The zero-order valence-corrected chi connectivity index (χ0v) is 23.9. The van der Waals surface area contributed by atoms with Gasteiger partial charge in [-0.1, -0.05) is 70.6 Å². The van der Waals surface area contributed by atoms with E-state index in [9.17, 15) is 29.4 Å². The molecule has 38 heavy (non-hydrogen) atoms. The maximum absolute atomic E-state index is 12.2. The molecule has 0 radical (unpaired) electrons. The number of ether oxygens (including phenoxy) is 1. The molecule has 2 atom stereocenters. The smallest absolute Gasteiger partial charge is 0.326 e. The number of unbranched alkanes of at least 4 members (excludes halogenated alkanes) is 13. The van der Waals surface area contributed by atoms with E-state index in [4.69, 9.17) is 4.74 Å². The number of nitrogens with one attached hydrogen (secondary N) is 2. The summed E-state index contributed by atoms with van der Waals surface area (Å²) in [5, 5.41) is 24.0. The van der Waals surface area contributed by atoms with Gasteiger partial charge in [-0.05, 0) is 45.4 Å². The lowest BCUT2D eigenvalue weighted by Crippen LogP contribution is -2.41. The highest BCUT2D eigenvalue weighted by Crippen LogP contribution is 2.13. The number of hydrogen-bond donors (Lipinski definition) is 4. The fraction of sp³-hybridized carbons (Fsp3) is 0.862. The van der Waals surface area contributed by atoms with E-state index >= 15 is 0 Å². The number of amides is 2. The van der Waals surface area contributed by atoms with Crippen LogP contribution in [0.15, 0.2) is 0 Å². The van der Waals surface area contributed by atoms with E-state index in [1.165, 1.54) is 45.6 Å². The van der Waals surface area contributed by atoms with Gasteiger partial charge in [0, 0.05) is 32.9 Å². The summed E-state index contributed by atoms with van der Waals surface area (Å²) in [4.78, 5) is 46.5. The van der Waals surface area contributed by atoms with Crippen molar-refractivity contribution in [2.24, 2.45) is 0 Å². The van der Waals surface area contributed by atoms with E-state index < -0.39 is 18.3 Å². The van der Waals surface area contributed by atoms with Crippen LogP contribution in [0.3, 0.4) is 0 Å². The summed E-state index contributed by atoms with van der Waals surface area (Å²) >= 11 is 0. The third-order valence-corrected chi connectivity index (χ3v) is 6.70. The monoisotopic (exact) mass is 542 g/mol. The Morgan fingerprint density at radius 3 is 1.68 bits per heavy atom. The number of aliphatic hydroxyl groups excluding tert-OH is 1. The van der Waals surface area contributed by atoms with Crippen molar-refractivity contribution < 1.29 is 34.1 Å². The molecular formula is C29H54N2O7. The van der Waals surface area contributed by atoms with Crippen molar-refractivity contribution in [2.45, 2.75) is 148 Å². The van der Waals surface area contributed by atoms with E-state index in [0.29, 0.717) is 25.8 Å². The molecule has 4 N–H and O–H groups in total. The Morgan fingerprint density at radius 1 is 0.658 bits per heavy atom. The number of carboxylic acid groups (broad SMARTS) is 1. The molecule has 0 saturated heterocycles. The van der Waals surface area contributed by atoms with Gasteiger partial charge in [0.15, 0.2) is 6.29 Å². The molecule has 222 valence electrons. The Hall–Kier alpha value is -2.00. The van der Waals surface area contributed by atoms with Crippen LogP contribution in [0.5, 0.6) is 0 Å². The van der Waals surface area contributed by atoms with Crippen molar-refractivity contribution >= 4 is 23.6 Å². The molecule has 0 fully saturated rings. The molecule has 2 unspecified atom stereocenters. The number of hydrogen-bond acceptors (Lipinski definition) is 6. The quantitative estimate of drug-likeness (QED) is 0.0842. The Bertz CT molecular complexity index is 642. The van der Waals surface area contributed by atoms with Crippen LogP contribution in [0.4, 0.5) is 0 Å². The van der Waals surface area contributed by atoms with E-state index in [2.05, 4.69) is 10.6 Å². The van der Waals surface area contributed by atoms with Gasteiger partial charge in [0.05, 0.1) is 0 Å². The maximum atomic E-state index is 12.2. The molecule has 0 aromatic heterocycles. The number of rotatable bonds is 27. The van der Waals surface area contributed by atoms with Gasteiger partial charge in [-0.2, -0.15) is 0 Å². The molecule has 9 heteroatoms. The predicted octanol–water partition coefficient (Wildman–Crippen LogP) is 5.03. The van der Waals surface area contributed by atoms with E-state index in [1.807, 2.05) is 0 Å². The first-order chi connectivity index (χ1) is 18.3. The van der Waals surface area contributed by atoms with Crippen LogP contribution in [0, 0.1) is 0 Å². The second-order valence-electron chi connectivity index (χ2n) is 10.3. The Labute approximate surface area is 229 Å². The minimum Gasteiger partial charge on any atom is -0.480 e. The van der Waals surface area contributed by atoms with Crippen molar-refractivity contribution in [3.63, 3.8) is 0 Å². The fourth-order valence-electron chi connectivity index (χ4n) is 4.28. The van der Waals surface area contributed by atoms with E-state index in [1.54, 1.807) is 6.92 Å². The average Bonchev–Trinajstić information content (AvgIpc) is 2.88. The summed E-state index contributed by atoms with van der Waals surface area (Å²) < 4.78 is 4.83. The first-order valence-electron chi connectivity index (χ1n) is 14.8. The zero-order valence-electron chi connectivity index (χ0n) is 23.9. The van der Waals surface area contributed by atoms with Gasteiger partial charge in [0.25, 0.3) is 0 Å². The topological polar surface area (TPSA) is 142 Å². The first kappa shape index (κ1) is 36.0. The van der Waals surface area contributed by atoms with E-state index in [-0.39, 0.29) is 30.4 Å². The number of aliphatic hydroxyl groups is 1.